The first-order chi connectivity index (χ1) is 20.4. The van der Waals surface area contributed by atoms with E-state index in [1.54, 1.807) is 34.6 Å². The number of fused-ring (bicyclic) bond motifs is 5. The van der Waals surface area contributed by atoms with E-state index in [1.165, 1.54) is 0 Å². The lowest BCUT2D eigenvalue weighted by atomic mass is 9.39. The fraction of sp³-hybridized carbons (Fsp3) is 0.861. The van der Waals surface area contributed by atoms with Gasteiger partial charge in [-0.05, 0) is 82.3 Å². The van der Waals surface area contributed by atoms with Crippen LogP contribution < -0.4 is 5.32 Å². The molecule has 4 rings (SSSR count). The van der Waals surface area contributed by atoms with Crippen LogP contribution in [0.1, 0.15) is 109 Å². The minimum absolute atomic E-state index is 0.0192. The number of Topliss-reactive ketones (excluding diaryl/α,β-unsaturated/α-hetero) is 1. The van der Waals surface area contributed by atoms with Crippen LogP contribution in [0.2, 0.25) is 0 Å². The molecule has 0 spiro atoms. The summed E-state index contributed by atoms with van der Waals surface area (Å²) in [6.07, 6.45) is -1.54. The molecule has 0 aromatic rings. The van der Waals surface area contributed by atoms with Gasteiger partial charge in [-0.15, -0.1) is 0 Å². The van der Waals surface area contributed by atoms with Gasteiger partial charge in [0.1, 0.15) is 17.8 Å². The molecule has 11 atom stereocenters. The number of hydrogen-bond donors (Lipinski definition) is 3. The summed E-state index contributed by atoms with van der Waals surface area (Å²) in [5.41, 5.74) is -3.25. The highest BCUT2D eigenvalue weighted by Crippen LogP contribution is 2.68. The lowest BCUT2D eigenvalue weighted by Crippen LogP contribution is -2.73. The van der Waals surface area contributed by atoms with Crippen LogP contribution in [0.15, 0.2) is 11.1 Å². The second kappa shape index (κ2) is 11.6. The minimum Gasteiger partial charge on any atom is -0.457 e. The number of ether oxygens (including phenoxy) is 3. The molecule has 3 N–H and O–H groups in total. The van der Waals surface area contributed by atoms with Gasteiger partial charge in [0, 0.05) is 28.7 Å². The van der Waals surface area contributed by atoms with Gasteiger partial charge in [-0.1, -0.05) is 55.4 Å². The number of aliphatic hydroxyl groups excluding tert-OH is 1. The van der Waals surface area contributed by atoms with Gasteiger partial charge in [0.15, 0.2) is 5.78 Å². The zero-order valence-electron chi connectivity index (χ0n) is 29.9. The Labute approximate surface area is 270 Å². The summed E-state index contributed by atoms with van der Waals surface area (Å²) in [6, 6.07) is -0.542. The molecule has 9 heteroatoms. The molecule has 1 unspecified atom stereocenters. The van der Waals surface area contributed by atoms with E-state index in [4.69, 9.17) is 14.2 Å². The molecule has 2 bridgehead atoms. The lowest BCUT2D eigenvalue weighted by Gasteiger charge is -2.69. The van der Waals surface area contributed by atoms with E-state index in [0.717, 1.165) is 6.42 Å². The highest BCUT2D eigenvalue weighted by molar-refractivity contribution is 5.93. The summed E-state index contributed by atoms with van der Waals surface area (Å²) in [7, 11) is 0. The molecule has 1 amide bonds. The van der Waals surface area contributed by atoms with E-state index in [2.05, 4.69) is 19.2 Å². The van der Waals surface area contributed by atoms with E-state index in [1.807, 2.05) is 41.5 Å². The quantitative estimate of drug-likeness (QED) is 0.255. The van der Waals surface area contributed by atoms with E-state index in [9.17, 15) is 24.6 Å². The number of hydrogen-bond acceptors (Lipinski definition) is 8. The van der Waals surface area contributed by atoms with Crippen molar-refractivity contribution >= 4 is 17.8 Å². The molecule has 4 aliphatic rings. The fourth-order valence-electron chi connectivity index (χ4n) is 9.64. The SMILES string of the molecule is CC1=C2[C@@H](O)C(=O)[C@@]3(C)[C@H]([C@H](C)[C@](O)(C[C@@H]1OC(=O)C(C)[C@H](CC(C)C)NC(=O)OC(C)(C)C)C2(C)C)[C@]1(C)CO[C@@H]1C[C@@H]3C. The van der Waals surface area contributed by atoms with Crippen molar-refractivity contribution in [3.05, 3.63) is 11.1 Å². The molecule has 9 nitrogen and oxygen atoms in total. The van der Waals surface area contributed by atoms with Gasteiger partial charge < -0.3 is 29.7 Å². The predicted molar refractivity (Wildman–Crippen MR) is 171 cm³/mol. The topological polar surface area (TPSA) is 131 Å². The number of amides is 1. The van der Waals surface area contributed by atoms with Crippen molar-refractivity contribution in [2.75, 3.05) is 6.61 Å². The Morgan fingerprint density at radius 1 is 1.11 bits per heavy atom. The van der Waals surface area contributed by atoms with E-state index < -0.39 is 58.3 Å². The number of alkyl carbamates (subject to hydrolysis) is 1. The number of nitrogens with one attached hydrogen (secondary N) is 1. The Hall–Kier alpha value is -1.97. The van der Waals surface area contributed by atoms with Crippen LogP contribution in [0.5, 0.6) is 0 Å². The summed E-state index contributed by atoms with van der Waals surface area (Å²) in [5, 5.41) is 27.8. The third kappa shape index (κ3) is 5.67. The van der Waals surface area contributed by atoms with Crippen LogP contribution in [0.4, 0.5) is 4.79 Å². The van der Waals surface area contributed by atoms with Gasteiger partial charge in [-0.3, -0.25) is 9.59 Å². The van der Waals surface area contributed by atoms with E-state index in [0.29, 0.717) is 24.2 Å². The highest BCUT2D eigenvalue weighted by Gasteiger charge is 2.72. The van der Waals surface area contributed by atoms with Gasteiger partial charge in [0.25, 0.3) is 0 Å². The van der Waals surface area contributed by atoms with Crippen LogP contribution >= 0.6 is 0 Å². The molecule has 1 aliphatic heterocycles. The fourth-order valence-corrected chi connectivity index (χ4v) is 9.64. The van der Waals surface area contributed by atoms with Gasteiger partial charge in [-0.25, -0.2) is 4.79 Å². The lowest BCUT2D eigenvalue weighted by molar-refractivity contribution is -0.293. The van der Waals surface area contributed by atoms with Crippen molar-refractivity contribution in [1.82, 2.24) is 5.32 Å². The zero-order chi connectivity index (χ0) is 34.2. The first kappa shape index (κ1) is 35.9. The van der Waals surface area contributed by atoms with Crippen molar-refractivity contribution in [2.45, 2.75) is 145 Å². The van der Waals surface area contributed by atoms with Gasteiger partial charge in [0.2, 0.25) is 0 Å². The minimum atomic E-state index is -1.45. The maximum Gasteiger partial charge on any atom is 0.407 e. The summed E-state index contributed by atoms with van der Waals surface area (Å²) < 4.78 is 17.7. The van der Waals surface area contributed by atoms with Crippen LogP contribution in [0.25, 0.3) is 0 Å². The molecule has 0 radical (unpaired) electrons. The molecule has 3 aliphatic carbocycles. The Morgan fingerprint density at radius 3 is 2.22 bits per heavy atom. The van der Waals surface area contributed by atoms with E-state index in [-0.39, 0.29) is 47.4 Å². The molecular weight excluding hydrogens is 574 g/mol. The molecular formula is C36H59NO8. The number of ketones is 1. The molecule has 45 heavy (non-hydrogen) atoms. The second-order valence-corrected chi connectivity index (χ2v) is 17.2. The maximum absolute atomic E-state index is 14.5. The van der Waals surface area contributed by atoms with Crippen molar-refractivity contribution in [3.63, 3.8) is 0 Å². The molecule has 1 saturated heterocycles. The third-order valence-corrected chi connectivity index (χ3v) is 12.4. The van der Waals surface area contributed by atoms with Crippen LogP contribution in [0.3, 0.4) is 0 Å². The molecule has 256 valence electrons. The standard InChI is InChI=1S/C36H59NO8/c1-18(2)14-23(37-31(41)45-32(7,8)9)20(4)30(40)44-24-16-36(42)22(6)28-34(12)17-43-25(34)15-19(3)35(28,13)29(39)27(38)26(21(24)5)33(36,10)11/h18-20,22-25,27-28,38,42H,14-17H2,1-13H3,(H,37,41)/t19-,20?,22-,23-,24-,25+,27+,28+,34+,35+,36+/m0/s1. The Kier molecular flexibility index (Phi) is 9.26. The first-order valence-electron chi connectivity index (χ1n) is 16.9. The Morgan fingerprint density at radius 2 is 1.71 bits per heavy atom. The summed E-state index contributed by atoms with van der Waals surface area (Å²) >= 11 is 0. The monoisotopic (exact) mass is 633 g/mol. The highest BCUT2D eigenvalue weighted by atomic mass is 16.6. The van der Waals surface area contributed by atoms with Crippen molar-refractivity contribution < 1.29 is 38.8 Å². The summed E-state index contributed by atoms with van der Waals surface area (Å²) in [4.78, 5) is 41.0. The van der Waals surface area contributed by atoms with Crippen molar-refractivity contribution in [1.29, 1.82) is 0 Å². The van der Waals surface area contributed by atoms with Crippen molar-refractivity contribution in [2.24, 2.45) is 45.8 Å². The normalized spacial score (nSPS) is 40.7. The van der Waals surface area contributed by atoms with Gasteiger partial charge >= 0.3 is 12.1 Å². The van der Waals surface area contributed by atoms with Crippen molar-refractivity contribution in [3.8, 4) is 0 Å². The van der Waals surface area contributed by atoms with Crippen LogP contribution in [0, 0.1) is 45.8 Å². The second-order valence-electron chi connectivity index (χ2n) is 17.2. The number of rotatable bonds is 6. The number of aliphatic hydroxyl groups is 2. The smallest absolute Gasteiger partial charge is 0.407 e. The van der Waals surface area contributed by atoms with E-state index >= 15 is 0 Å². The maximum atomic E-state index is 14.5. The summed E-state index contributed by atoms with van der Waals surface area (Å²) in [5.74, 6) is -1.99. The average molecular weight is 634 g/mol. The first-order valence-corrected chi connectivity index (χ1v) is 16.9. The van der Waals surface area contributed by atoms with Gasteiger partial charge in [-0.2, -0.15) is 0 Å². The van der Waals surface area contributed by atoms with Crippen LogP contribution in [-0.2, 0) is 23.8 Å². The Bertz CT molecular complexity index is 1230. The number of carbonyl (C=O) groups is 3. The zero-order valence-corrected chi connectivity index (χ0v) is 29.9. The molecule has 3 fully saturated rings. The molecule has 1 heterocycles. The largest absolute Gasteiger partial charge is 0.457 e. The number of esters is 1. The number of carbonyl (C=O) groups excluding carboxylic acids is 3. The van der Waals surface area contributed by atoms with Gasteiger partial charge in [0.05, 0.1) is 24.2 Å². The average Bonchev–Trinajstić information content (AvgIpc) is 2.89. The predicted octanol–water partition coefficient (Wildman–Crippen LogP) is 5.60. The Balaban J connectivity index is 1.73. The third-order valence-electron chi connectivity index (χ3n) is 12.4. The molecule has 0 aromatic carbocycles. The van der Waals surface area contributed by atoms with Crippen LogP contribution in [-0.4, -0.2) is 70.2 Å². The molecule has 0 aromatic heterocycles. The molecule has 2 saturated carbocycles. The summed E-state index contributed by atoms with van der Waals surface area (Å²) in [6.45, 7) is 25.4.